The van der Waals surface area contributed by atoms with Crippen molar-refractivity contribution in [3.05, 3.63) is 47.1 Å². The molecule has 2 aromatic heterocycles. The lowest BCUT2D eigenvalue weighted by atomic mass is 10.2. The Morgan fingerprint density at radius 2 is 1.80 bits per heavy atom. The van der Waals surface area contributed by atoms with Gasteiger partial charge in [-0.3, -0.25) is 0 Å². The molecule has 0 unspecified atom stereocenters. The number of hydrogen-bond acceptors (Lipinski definition) is 1. The Morgan fingerprint density at radius 1 is 1.05 bits per heavy atom. The summed E-state index contributed by atoms with van der Waals surface area (Å²) >= 11 is 6.01. The zero-order chi connectivity index (χ0) is 14.4. The summed E-state index contributed by atoms with van der Waals surface area (Å²) in [5, 5.41) is 10.8. The van der Waals surface area contributed by atoms with Crippen LogP contribution in [0.2, 0.25) is 5.02 Å². The molecule has 0 radical (unpaired) electrons. The van der Waals surface area contributed by atoms with Crippen molar-refractivity contribution in [2.24, 2.45) is 14.1 Å². The fourth-order valence-electron chi connectivity index (χ4n) is 2.55. The second kappa shape index (κ2) is 4.42. The summed E-state index contributed by atoms with van der Waals surface area (Å²) in [4.78, 5) is 11.1. The van der Waals surface area contributed by atoms with Crippen LogP contribution in [-0.2, 0) is 14.1 Å². The highest BCUT2D eigenvalue weighted by atomic mass is 35.5. The van der Waals surface area contributed by atoms with E-state index in [0.29, 0.717) is 5.02 Å². The summed E-state index contributed by atoms with van der Waals surface area (Å²) in [5.41, 5.74) is 3.14. The van der Waals surface area contributed by atoms with Crippen LogP contribution in [0.4, 0.5) is 0 Å². The van der Waals surface area contributed by atoms with Gasteiger partial charge in [0, 0.05) is 30.0 Å². The Morgan fingerprint density at radius 3 is 2.45 bits per heavy atom. The maximum atomic E-state index is 11.1. The van der Waals surface area contributed by atoms with Crippen molar-refractivity contribution >= 4 is 28.5 Å². The molecule has 1 N–H and O–H groups in total. The number of nitrogens with zero attached hydrogens (tertiary/aromatic N) is 2. The minimum atomic E-state index is -0.930. The molecule has 0 amide bonds. The third-order valence-corrected chi connectivity index (χ3v) is 3.84. The molecule has 3 aromatic rings. The standard InChI is InChI=1S/C15H13ClN2O2/c1-17-11-4-3-10(16)7-9(11)8-14(17)12-5-6-13(15(19)20)18(12)2/h3-8H,1-2H3,(H,19,20). The smallest absolute Gasteiger partial charge is 0.352 e. The molecule has 0 saturated carbocycles. The van der Waals surface area contributed by atoms with Gasteiger partial charge in [-0.1, -0.05) is 11.6 Å². The Balaban J connectivity index is 2.25. The molecule has 0 saturated heterocycles. The van der Waals surface area contributed by atoms with Crippen molar-refractivity contribution in [1.29, 1.82) is 0 Å². The van der Waals surface area contributed by atoms with E-state index < -0.39 is 5.97 Å². The van der Waals surface area contributed by atoms with Crippen molar-refractivity contribution in [1.82, 2.24) is 9.13 Å². The van der Waals surface area contributed by atoms with Crippen molar-refractivity contribution in [3.63, 3.8) is 0 Å². The second-order valence-electron chi connectivity index (χ2n) is 4.76. The third-order valence-electron chi connectivity index (χ3n) is 3.61. The molecule has 0 bridgehead atoms. The van der Waals surface area contributed by atoms with Gasteiger partial charge in [0.05, 0.1) is 11.4 Å². The van der Waals surface area contributed by atoms with E-state index in [1.54, 1.807) is 17.7 Å². The molecule has 2 heterocycles. The largest absolute Gasteiger partial charge is 0.477 e. The van der Waals surface area contributed by atoms with E-state index >= 15 is 0 Å². The molecule has 102 valence electrons. The van der Waals surface area contributed by atoms with Gasteiger partial charge in [0.15, 0.2) is 0 Å². The molecular formula is C15H13ClN2O2. The number of aromatic nitrogens is 2. The molecule has 0 aliphatic rings. The van der Waals surface area contributed by atoms with E-state index in [0.717, 1.165) is 22.3 Å². The predicted octanol–water partition coefficient (Wildman–Crippen LogP) is 3.54. The van der Waals surface area contributed by atoms with Crippen LogP contribution >= 0.6 is 11.6 Å². The number of rotatable bonds is 2. The number of hydrogen-bond donors (Lipinski definition) is 1. The van der Waals surface area contributed by atoms with Gasteiger partial charge in [-0.15, -0.1) is 0 Å². The Hall–Kier alpha value is -2.20. The normalized spacial score (nSPS) is 11.2. The molecule has 20 heavy (non-hydrogen) atoms. The van der Waals surface area contributed by atoms with Crippen LogP contribution in [0, 0.1) is 0 Å². The first kappa shape index (κ1) is 12.8. The average molecular weight is 289 g/mol. The van der Waals surface area contributed by atoms with E-state index in [4.69, 9.17) is 16.7 Å². The maximum Gasteiger partial charge on any atom is 0.352 e. The molecule has 5 heteroatoms. The van der Waals surface area contributed by atoms with Gasteiger partial charge in [-0.05, 0) is 36.4 Å². The molecule has 1 aromatic carbocycles. The minimum Gasteiger partial charge on any atom is -0.477 e. The fourth-order valence-corrected chi connectivity index (χ4v) is 2.73. The molecule has 0 fully saturated rings. The summed E-state index contributed by atoms with van der Waals surface area (Å²) < 4.78 is 3.71. The van der Waals surface area contributed by atoms with Gasteiger partial charge in [-0.25, -0.2) is 4.79 Å². The van der Waals surface area contributed by atoms with Crippen LogP contribution in [0.3, 0.4) is 0 Å². The lowest BCUT2D eigenvalue weighted by Gasteiger charge is -2.07. The van der Waals surface area contributed by atoms with E-state index in [1.165, 1.54) is 0 Å². The Bertz CT molecular complexity index is 830. The number of fused-ring (bicyclic) bond motifs is 1. The van der Waals surface area contributed by atoms with Gasteiger partial charge in [0.1, 0.15) is 5.69 Å². The zero-order valence-corrected chi connectivity index (χ0v) is 11.8. The highest BCUT2D eigenvalue weighted by molar-refractivity contribution is 6.31. The van der Waals surface area contributed by atoms with Gasteiger partial charge >= 0.3 is 5.97 Å². The van der Waals surface area contributed by atoms with E-state index in [9.17, 15) is 4.79 Å². The van der Waals surface area contributed by atoms with E-state index in [-0.39, 0.29) is 5.69 Å². The fraction of sp³-hybridized carbons (Fsp3) is 0.133. The van der Waals surface area contributed by atoms with Crippen LogP contribution in [0.25, 0.3) is 22.3 Å². The van der Waals surface area contributed by atoms with Gasteiger partial charge in [0.25, 0.3) is 0 Å². The first-order valence-corrected chi connectivity index (χ1v) is 6.51. The lowest BCUT2D eigenvalue weighted by Crippen LogP contribution is -2.06. The van der Waals surface area contributed by atoms with E-state index in [1.807, 2.05) is 41.9 Å². The number of aryl methyl sites for hydroxylation is 1. The topological polar surface area (TPSA) is 47.2 Å². The van der Waals surface area contributed by atoms with Crippen molar-refractivity contribution < 1.29 is 9.90 Å². The molecule has 0 aliphatic heterocycles. The lowest BCUT2D eigenvalue weighted by molar-refractivity contribution is 0.0687. The number of halogens is 1. The maximum absolute atomic E-state index is 11.1. The number of aromatic carboxylic acids is 1. The number of benzene rings is 1. The minimum absolute atomic E-state index is 0.267. The summed E-state index contributed by atoms with van der Waals surface area (Å²) in [6.45, 7) is 0. The Kier molecular flexibility index (Phi) is 2.83. The first-order chi connectivity index (χ1) is 9.49. The van der Waals surface area contributed by atoms with Crippen LogP contribution in [0.15, 0.2) is 36.4 Å². The molecule has 3 rings (SSSR count). The van der Waals surface area contributed by atoms with Crippen molar-refractivity contribution in [2.75, 3.05) is 0 Å². The summed E-state index contributed by atoms with van der Waals surface area (Å²) in [7, 11) is 3.71. The van der Waals surface area contributed by atoms with Gasteiger partial charge in [0.2, 0.25) is 0 Å². The highest BCUT2D eigenvalue weighted by Gasteiger charge is 2.15. The third kappa shape index (κ3) is 1.80. The van der Waals surface area contributed by atoms with Crippen LogP contribution in [0.1, 0.15) is 10.5 Å². The first-order valence-electron chi connectivity index (χ1n) is 6.13. The van der Waals surface area contributed by atoms with E-state index in [2.05, 4.69) is 0 Å². The average Bonchev–Trinajstić information content (AvgIpc) is 2.90. The highest BCUT2D eigenvalue weighted by Crippen LogP contribution is 2.29. The summed E-state index contributed by atoms with van der Waals surface area (Å²) in [6, 6.07) is 11.2. The summed E-state index contributed by atoms with van der Waals surface area (Å²) in [5.74, 6) is -0.930. The van der Waals surface area contributed by atoms with Crippen LogP contribution in [0.5, 0.6) is 0 Å². The SMILES string of the molecule is Cn1c(C(=O)O)ccc1-c1cc2cc(Cl)ccc2n1C. The monoisotopic (exact) mass is 288 g/mol. The number of carboxylic acids is 1. The molecule has 0 aliphatic carbocycles. The van der Waals surface area contributed by atoms with Crippen molar-refractivity contribution in [2.45, 2.75) is 0 Å². The van der Waals surface area contributed by atoms with Gasteiger partial charge < -0.3 is 14.2 Å². The van der Waals surface area contributed by atoms with Gasteiger partial charge in [-0.2, -0.15) is 0 Å². The number of carboxylic acid groups (broad SMARTS) is 1. The van der Waals surface area contributed by atoms with Crippen LogP contribution in [-0.4, -0.2) is 20.2 Å². The zero-order valence-electron chi connectivity index (χ0n) is 11.1. The quantitative estimate of drug-likeness (QED) is 0.784. The second-order valence-corrected chi connectivity index (χ2v) is 5.20. The molecule has 0 spiro atoms. The molecule has 0 atom stereocenters. The molecular weight excluding hydrogens is 276 g/mol. The van der Waals surface area contributed by atoms with Crippen LogP contribution < -0.4 is 0 Å². The summed E-state index contributed by atoms with van der Waals surface area (Å²) in [6.07, 6.45) is 0. The Labute approximate surface area is 120 Å². The molecule has 4 nitrogen and oxygen atoms in total. The van der Waals surface area contributed by atoms with Crippen molar-refractivity contribution in [3.8, 4) is 11.4 Å². The number of carbonyl (C=O) groups is 1. The predicted molar refractivity (Wildman–Crippen MR) is 79.3 cm³/mol.